The summed E-state index contributed by atoms with van der Waals surface area (Å²) in [7, 11) is -1.66. The van der Waals surface area contributed by atoms with Crippen LogP contribution in [0.15, 0.2) is 0 Å². The van der Waals surface area contributed by atoms with Crippen LogP contribution in [0.2, 0.25) is 0 Å². The van der Waals surface area contributed by atoms with Crippen molar-refractivity contribution in [2.24, 2.45) is 17.6 Å². The lowest BCUT2D eigenvalue weighted by Crippen LogP contribution is -2.44. The zero-order valence-electron chi connectivity index (χ0n) is 10.8. The molecule has 0 amide bonds. The Balaban J connectivity index is 3.95. The average Bonchev–Trinajstić information content (AvgIpc) is 2.16. The van der Waals surface area contributed by atoms with E-state index in [1.165, 1.54) is 0 Å². The predicted octanol–water partition coefficient (Wildman–Crippen LogP) is 1.83. The van der Waals surface area contributed by atoms with Crippen LogP contribution in [-0.2, 0) is 8.85 Å². The molecular formula is C11H27NO2Si. The van der Waals surface area contributed by atoms with Crippen LogP contribution in [0, 0.1) is 11.8 Å². The van der Waals surface area contributed by atoms with Gasteiger partial charge in [-0.05, 0) is 18.3 Å². The second-order valence-electron chi connectivity index (χ2n) is 4.89. The number of rotatable bonds is 8. The molecule has 3 nitrogen and oxygen atoms in total. The lowest BCUT2D eigenvalue weighted by molar-refractivity contribution is 0.156. The molecule has 4 heteroatoms. The Labute approximate surface area is 96.2 Å². The van der Waals surface area contributed by atoms with Gasteiger partial charge in [0.1, 0.15) is 0 Å². The summed E-state index contributed by atoms with van der Waals surface area (Å²) < 4.78 is 11.6. The molecule has 0 bridgehead atoms. The average molecular weight is 233 g/mol. The van der Waals surface area contributed by atoms with Gasteiger partial charge in [0.05, 0.1) is 0 Å². The first kappa shape index (κ1) is 15.1. The molecule has 0 aliphatic carbocycles. The summed E-state index contributed by atoms with van der Waals surface area (Å²) >= 11 is 0. The summed E-state index contributed by atoms with van der Waals surface area (Å²) in [5, 5.41) is 0. The van der Waals surface area contributed by atoms with Gasteiger partial charge in [-0.25, -0.2) is 0 Å². The van der Waals surface area contributed by atoms with Crippen molar-refractivity contribution in [1.29, 1.82) is 0 Å². The molecule has 0 aromatic rings. The largest absolute Gasteiger partial charge is 0.395 e. The first-order valence-corrected chi connectivity index (χ1v) is 7.57. The fourth-order valence-electron chi connectivity index (χ4n) is 1.06. The third-order valence-electron chi connectivity index (χ3n) is 2.01. The Bertz CT molecular complexity index is 142. The van der Waals surface area contributed by atoms with Crippen molar-refractivity contribution < 1.29 is 8.85 Å². The fourth-order valence-corrected chi connectivity index (χ4v) is 3.19. The molecular weight excluding hydrogens is 206 g/mol. The number of nitrogens with two attached hydrogens (primary N) is 1. The van der Waals surface area contributed by atoms with E-state index in [1.807, 2.05) is 0 Å². The zero-order valence-corrected chi connectivity index (χ0v) is 12.0. The fraction of sp³-hybridized carbons (Fsp3) is 1.00. The molecule has 0 heterocycles. The van der Waals surface area contributed by atoms with E-state index >= 15 is 0 Å². The van der Waals surface area contributed by atoms with Crippen molar-refractivity contribution in [3.63, 3.8) is 0 Å². The first-order chi connectivity index (χ1) is 6.97. The molecule has 92 valence electrons. The topological polar surface area (TPSA) is 44.5 Å². The van der Waals surface area contributed by atoms with Gasteiger partial charge in [0.25, 0.3) is 0 Å². The van der Waals surface area contributed by atoms with Crippen molar-refractivity contribution in [3.05, 3.63) is 0 Å². The van der Waals surface area contributed by atoms with E-state index in [1.54, 1.807) is 0 Å². The molecule has 0 spiro atoms. The van der Waals surface area contributed by atoms with Crippen LogP contribution < -0.4 is 5.73 Å². The van der Waals surface area contributed by atoms with Crippen LogP contribution in [-0.4, -0.2) is 28.2 Å². The van der Waals surface area contributed by atoms with Gasteiger partial charge in [0.2, 0.25) is 0 Å². The highest BCUT2D eigenvalue weighted by Crippen LogP contribution is 2.04. The van der Waals surface area contributed by atoms with Crippen molar-refractivity contribution in [2.75, 3.05) is 13.2 Å². The van der Waals surface area contributed by atoms with E-state index in [0.29, 0.717) is 11.8 Å². The van der Waals surface area contributed by atoms with Crippen LogP contribution >= 0.6 is 0 Å². The molecule has 0 aromatic heterocycles. The van der Waals surface area contributed by atoms with Crippen LogP contribution in [0.5, 0.6) is 0 Å². The van der Waals surface area contributed by atoms with Gasteiger partial charge in [0.15, 0.2) is 0 Å². The highest BCUT2D eigenvalue weighted by Gasteiger charge is 2.22. The maximum atomic E-state index is 6.00. The molecule has 1 atom stereocenters. The van der Waals surface area contributed by atoms with Crippen molar-refractivity contribution >= 4 is 9.28 Å². The van der Waals surface area contributed by atoms with E-state index in [-0.39, 0.29) is 5.67 Å². The van der Waals surface area contributed by atoms with Gasteiger partial charge >= 0.3 is 9.28 Å². The quantitative estimate of drug-likeness (QED) is 0.651. The van der Waals surface area contributed by atoms with Crippen molar-refractivity contribution in [2.45, 2.75) is 46.7 Å². The van der Waals surface area contributed by atoms with Crippen LogP contribution in [0.25, 0.3) is 0 Å². The van der Waals surface area contributed by atoms with E-state index in [2.05, 4.69) is 34.6 Å². The van der Waals surface area contributed by atoms with E-state index in [9.17, 15) is 0 Å². The molecule has 0 radical (unpaired) electrons. The second kappa shape index (κ2) is 8.27. The lowest BCUT2D eigenvalue weighted by atomic mass is 10.2. The monoisotopic (exact) mass is 233 g/mol. The Morgan fingerprint density at radius 3 is 1.67 bits per heavy atom. The summed E-state index contributed by atoms with van der Waals surface area (Å²) in [4.78, 5) is 0. The third-order valence-corrected chi connectivity index (χ3v) is 4.22. The Kier molecular flexibility index (Phi) is 8.33. The summed E-state index contributed by atoms with van der Waals surface area (Å²) in [6, 6.07) is 0. The van der Waals surface area contributed by atoms with E-state index in [4.69, 9.17) is 14.6 Å². The van der Waals surface area contributed by atoms with Gasteiger partial charge in [-0.1, -0.05) is 34.6 Å². The molecule has 0 aliphatic heterocycles. The van der Waals surface area contributed by atoms with Gasteiger partial charge in [0, 0.05) is 18.9 Å². The Morgan fingerprint density at radius 1 is 1.00 bits per heavy atom. The van der Waals surface area contributed by atoms with E-state index < -0.39 is 9.28 Å². The molecule has 15 heavy (non-hydrogen) atoms. The SMILES string of the molecule is CCC(N)[SiH](OCC(C)C)OCC(C)C. The highest BCUT2D eigenvalue weighted by atomic mass is 28.3. The minimum Gasteiger partial charge on any atom is -0.395 e. The highest BCUT2D eigenvalue weighted by molar-refractivity contribution is 6.46. The Morgan fingerprint density at radius 2 is 1.40 bits per heavy atom. The molecule has 0 saturated heterocycles. The molecule has 0 rings (SSSR count). The van der Waals surface area contributed by atoms with Crippen LogP contribution in [0.4, 0.5) is 0 Å². The first-order valence-electron chi connectivity index (χ1n) is 5.96. The molecule has 0 aromatic carbocycles. The normalized spacial score (nSPS) is 14.2. The van der Waals surface area contributed by atoms with E-state index in [0.717, 1.165) is 19.6 Å². The lowest BCUT2D eigenvalue weighted by Gasteiger charge is -2.23. The van der Waals surface area contributed by atoms with Crippen LogP contribution in [0.3, 0.4) is 0 Å². The Hall–Kier alpha value is 0.0969. The standard InChI is InChI=1S/C11H27NO2Si/c1-6-11(12)15(13-7-9(2)3)14-8-10(4)5/h9-11,15H,6-8,12H2,1-5H3. The second-order valence-corrected chi connectivity index (χ2v) is 7.15. The van der Waals surface area contributed by atoms with Gasteiger partial charge < -0.3 is 14.6 Å². The summed E-state index contributed by atoms with van der Waals surface area (Å²) in [5.74, 6) is 1.10. The molecule has 1 unspecified atom stereocenters. The molecule has 0 saturated carbocycles. The maximum Gasteiger partial charge on any atom is 0.338 e. The van der Waals surface area contributed by atoms with Gasteiger partial charge in [-0.3, -0.25) is 0 Å². The summed E-state index contributed by atoms with van der Waals surface area (Å²) in [6.07, 6.45) is 0.938. The van der Waals surface area contributed by atoms with Crippen molar-refractivity contribution in [1.82, 2.24) is 0 Å². The van der Waals surface area contributed by atoms with Gasteiger partial charge in [-0.15, -0.1) is 0 Å². The maximum absolute atomic E-state index is 6.00. The molecule has 2 N–H and O–H groups in total. The smallest absolute Gasteiger partial charge is 0.338 e. The van der Waals surface area contributed by atoms with Crippen LogP contribution in [0.1, 0.15) is 41.0 Å². The van der Waals surface area contributed by atoms with Crippen molar-refractivity contribution in [3.8, 4) is 0 Å². The minimum absolute atomic E-state index is 0.113. The summed E-state index contributed by atoms with van der Waals surface area (Å²) in [5.41, 5.74) is 6.11. The molecule has 0 fully saturated rings. The number of hydrogen-bond donors (Lipinski definition) is 1. The minimum atomic E-state index is -1.66. The number of hydrogen-bond acceptors (Lipinski definition) is 3. The predicted molar refractivity (Wildman–Crippen MR) is 67.0 cm³/mol. The third kappa shape index (κ3) is 7.96. The molecule has 0 aliphatic rings. The van der Waals surface area contributed by atoms with Gasteiger partial charge in [-0.2, -0.15) is 0 Å². The summed E-state index contributed by atoms with van der Waals surface area (Å²) in [6.45, 7) is 12.2. The zero-order chi connectivity index (χ0) is 11.8.